The molecule has 5 nitrogen and oxygen atoms in total. The highest BCUT2D eigenvalue weighted by atomic mass is 79.9. The van der Waals surface area contributed by atoms with Crippen molar-refractivity contribution >= 4 is 38.4 Å². The van der Waals surface area contributed by atoms with E-state index in [1.807, 2.05) is 37.3 Å². The van der Waals surface area contributed by atoms with Crippen LogP contribution in [0.1, 0.15) is 17.4 Å². The third kappa shape index (κ3) is 2.70. The summed E-state index contributed by atoms with van der Waals surface area (Å²) in [5.41, 5.74) is 1.80. The number of hydrogen-bond donors (Lipinski definition) is 1. The van der Waals surface area contributed by atoms with Gasteiger partial charge in [0.15, 0.2) is 0 Å². The topological polar surface area (TPSA) is 56.0 Å². The second-order valence-corrected chi connectivity index (χ2v) is 6.08. The van der Waals surface area contributed by atoms with Crippen molar-refractivity contribution in [3.05, 3.63) is 63.1 Å². The van der Waals surface area contributed by atoms with Gasteiger partial charge in [0.1, 0.15) is 5.69 Å². The maximum absolute atomic E-state index is 12.6. The largest absolute Gasteiger partial charge is 0.339 e. The molecule has 0 aliphatic carbocycles. The molecule has 2 aromatic heterocycles. The summed E-state index contributed by atoms with van der Waals surface area (Å²) >= 11 is 3.41. The molecule has 0 saturated heterocycles. The number of nitrogens with one attached hydrogen (secondary N) is 1. The molecule has 0 fully saturated rings. The van der Waals surface area contributed by atoms with Crippen LogP contribution in [0.4, 0.5) is 5.69 Å². The third-order valence-electron chi connectivity index (χ3n) is 3.88. The van der Waals surface area contributed by atoms with E-state index in [2.05, 4.69) is 21.2 Å². The van der Waals surface area contributed by atoms with Crippen LogP contribution in [0.5, 0.6) is 0 Å². The average Bonchev–Trinajstić information content (AvgIpc) is 2.88. The standard InChI is InChI=1S/C17H16BrN3O2/c1-3-21-9-8-14-11(17(21)23)10-15(20(14)2)16(22)19-13-7-5-4-6-12(13)18/h4-10H,3H2,1-2H3,(H,19,22). The SMILES string of the molecule is CCn1ccc2c(cc(C(=O)Nc3ccccc3Br)n2C)c1=O. The average molecular weight is 374 g/mol. The van der Waals surface area contributed by atoms with Crippen molar-refractivity contribution in [2.75, 3.05) is 5.32 Å². The number of aryl methyl sites for hydroxylation is 2. The lowest BCUT2D eigenvalue weighted by atomic mass is 10.3. The number of benzene rings is 1. The van der Waals surface area contributed by atoms with Gasteiger partial charge in [-0.05, 0) is 47.1 Å². The minimum atomic E-state index is -0.252. The number of amides is 1. The molecular weight excluding hydrogens is 358 g/mol. The van der Waals surface area contributed by atoms with Gasteiger partial charge in [-0.25, -0.2) is 0 Å². The minimum Gasteiger partial charge on any atom is -0.339 e. The first-order valence-corrected chi connectivity index (χ1v) is 8.07. The molecule has 1 N–H and O–H groups in total. The number of rotatable bonds is 3. The second kappa shape index (κ2) is 6.04. The van der Waals surface area contributed by atoms with Gasteiger partial charge in [0.2, 0.25) is 0 Å². The molecule has 3 rings (SSSR count). The van der Waals surface area contributed by atoms with Crippen molar-refractivity contribution in [2.45, 2.75) is 13.5 Å². The maximum Gasteiger partial charge on any atom is 0.272 e. The number of para-hydroxylation sites is 1. The molecule has 0 spiro atoms. The van der Waals surface area contributed by atoms with Crippen LogP contribution in [0.3, 0.4) is 0 Å². The summed E-state index contributed by atoms with van der Waals surface area (Å²) in [6, 6.07) is 10.9. The number of anilines is 1. The van der Waals surface area contributed by atoms with Crippen molar-refractivity contribution in [3.8, 4) is 0 Å². The highest BCUT2D eigenvalue weighted by Gasteiger charge is 2.16. The van der Waals surface area contributed by atoms with Crippen molar-refractivity contribution in [1.82, 2.24) is 9.13 Å². The molecule has 118 valence electrons. The van der Waals surface area contributed by atoms with Crippen LogP contribution >= 0.6 is 15.9 Å². The van der Waals surface area contributed by atoms with Gasteiger partial charge in [-0.1, -0.05) is 12.1 Å². The number of fused-ring (bicyclic) bond motifs is 1. The highest BCUT2D eigenvalue weighted by molar-refractivity contribution is 9.10. The Bertz CT molecular complexity index is 956. The van der Waals surface area contributed by atoms with Crippen LogP contribution in [0.2, 0.25) is 0 Å². The first kappa shape index (κ1) is 15.6. The van der Waals surface area contributed by atoms with Crippen LogP contribution < -0.4 is 10.9 Å². The lowest BCUT2D eigenvalue weighted by Crippen LogP contribution is -2.17. The Morgan fingerprint density at radius 1 is 1.26 bits per heavy atom. The molecule has 0 radical (unpaired) electrons. The van der Waals surface area contributed by atoms with E-state index in [1.165, 1.54) is 0 Å². The predicted octanol–water partition coefficient (Wildman–Crippen LogP) is 3.37. The van der Waals surface area contributed by atoms with E-state index < -0.39 is 0 Å². The molecule has 0 atom stereocenters. The van der Waals surface area contributed by atoms with E-state index >= 15 is 0 Å². The summed E-state index contributed by atoms with van der Waals surface area (Å²) in [5.74, 6) is -0.252. The molecular formula is C17H16BrN3O2. The molecule has 6 heteroatoms. The summed E-state index contributed by atoms with van der Waals surface area (Å²) in [6.07, 6.45) is 1.75. The number of nitrogens with zero attached hydrogens (tertiary/aromatic N) is 2. The Morgan fingerprint density at radius 2 is 2.00 bits per heavy atom. The number of aromatic nitrogens is 2. The Hall–Kier alpha value is -2.34. The van der Waals surface area contributed by atoms with Gasteiger partial charge in [-0.15, -0.1) is 0 Å². The molecule has 0 bridgehead atoms. The number of pyridine rings is 1. The van der Waals surface area contributed by atoms with Gasteiger partial charge in [-0.2, -0.15) is 0 Å². The molecule has 2 heterocycles. The zero-order valence-electron chi connectivity index (χ0n) is 12.8. The smallest absolute Gasteiger partial charge is 0.272 e. The van der Waals surface area contributed by atoms with E-state index in [0.29, 0.717) is 23.3 Å². The first-order valence-electron chi connectivity index (χ1n) is 7.27. The highest BCUT2D eigenvalue weighted by Crippen LogP contribution is 2.23. The quantitative estimate of drug-likeness (QED) is 0.764. The van der Waals surface area contributed by atoms with E-state index in [0.717, 1.165) is 9.99 Å². The molecule has 1 aromatic carbocycles. The summed E-state index contributed by atoms with van der Waals surface area (Å²) < 4.78 is 4.17. The molecule has 23 heavy (non-hydrogen) atoms. The number of carbonyl (C=O) groups is 1. The van der Waals surface area contributed by atoms with Crippen molar-refractivity contribution in [2.24, 2.45) is 7.05 Å². The monoisotopic (exact) mass is 373 g/mol. The fraction of sp³-hybridized carbons (Fsp3) is 0.176. The predicted molar refractivity (Wildman–Crippen MR) is 94.9 cm³/mol. The summed E-state index contributed by atoms with van der Waals surface area (Å²) in [6.45, 7) is 2.51. The Balaban J connectivity index is 2.05. The Kier molecular flexibility index (Phi) is 4.09. The van der Waals surface area contributed by atoms with Gasteiger partial charge >= 0.3 is 0 Å². The van der Waals surface area contributed by atoms with Crippen LogP contribution in [-0.2, 0) is 13.6 Å². The van der Waals surface area contributed by atoms with Gasteiger partial charge in [0.05, 0.1) is 16.6 Å². The van der Waals surface area contributed by atoms with Crippen LogP contribution in [0.25, 0.3) is 10.9 Å². The zero-order chi connectivity index (χ0) is 16.6. The Morgan fingerprint density at radius 3 is 2.70 bits per heavy atom. The summed E-state index contributed by atoms with van der Waals surface area (Å²) in [7, 11) is 1.78. The van der Waals surface area contributed by atoms with Gasteiger partial charge in [-0.3, -0.25) is 9.59 Å². The van der Waals surface area contributed by atoms with Crippen LogP contribution in [0, 0.1) is 0 Å². The maximum atomic E-state index is 12.6. The lowest BCUT2D eigenvalue weighted by Gasteiger charge is -2.08. The van der Waals surface area contributed by atoms with E-state index in [1.54, 1.807) is 28.4 Å². The fourth-order valence-electron chi connectivity index (χ4n) is 2.59. The van der Waals surface area contributed by atoms with Gasteiger partial charge in [0, 0.05) is 24.3 Å². The molecule has 0 saturated carbocycles. The third-order valence-corrected chi connectivity index (χ3v) is 4.57. The summed E-state index contributed by atoms with van der Waals surface area (Å²) in [5, 5.41) is 3.41. The van der Waals surface area contributed by atoms with Crippen LogP contribution in [-0.4, -0.2) is 15.0 Å². The zero-order valence-corrected chi connectivity index (χ0v) is 14.4. The Labute approximate surface area is 141 Å². The second-order valence-electron chi connectivity index (χ2n) is 5.23. The molecule has 1 amide bonds. The minimum absolute atomic E-state index is 0.0828. The number of hydrogen-bond acceptors (Lipinski definition) is 2. The van der Waals surface area contributed by atoms with Crippen LogP contribution in [0.15, 0.2) is 51.9 Å². The summed E-state index contributed by atoms with van der Waals surface area (Å²) in [4.78, 5) is 24.9. The van der Waals surface area contributed by atoms with Gasteiger partial charge < -0.3 is 14.5 Å². The first-order chi connectivity index (χ1) is 11.0. The molecule has 0 aliphatic heterocycles. The molecule has 0 aliphatic rings. The van der Waals surface area contributed by atoms with E-state index in [-0.39, 0.29) is 11.5 Å². The van der Waals surface area contributed by atoms with E-state index in [9.17, 15) is 9.59 Å². The molecule has 3 aromatic rings. The number of halogens is 1. The number of carbonyl (C=O) groups excluding carboxylic acids is 1. The van der Waals surface area contributed by atoms with E-state index in [4.69, 9.17) is 0 Å². The van der Waals surface area contributed by atoms with Crippen molar-refractivity contribution < 1.29 is 4.79 Å². The van der Waals surface area contributed by atoms with Gasteiger partial charge in [0.25, 0.3) is 11.5 Å². The fourth-order valence-corrected chi connectivity index (χ4v) is 2.97. The molecule has 0 unspecified atom stereocenters. The van der Waals surface area contributed by atoms with Crippen molar-refractivity contribution in [3.63, 3.8) is 0 Å². The lowest BCUT2D eigenvalue weighted by molar-refractivity contribution is 0.101. The normalized spacial score (nSPS) is 10.9. The van der Waals surface area contributed by atoms with Crippen molar-refractivity contribution in [1.29, 1.82) is 0 Å².